The van der Waals surface area contributed by atoms with E-state index in [4.69, 9.17) is 5.73 Å². The van der Waals surface area contributed by atoms with Crippen LogP contribution in [0.1, 0.15) is 0 Å². The van der Waals surface area contributed by atoms with Crippen LogP contribution in [0.4, 0.5) is 26.0 Å². The highest BCUT2D eigenvalue weighted by molar-refractivity contribution is 9.10. The van der Waals surface area contributed by atoms with Crippen LogP contribution in [0.25, 0.3) is 0 Å². The number of hydrogen-bond donors (Lipinski definition) is 2. The average Bonchev–Trinajstić information content (AvgIpc) is 2.29. The molecule has 0 atom stereocenters. The van der Waals surface area contributed by atoms with Crippen molar-refractivity contribution in [2.24, 2.45) is 0 Å². The van der Waals surface area contributed by atoms with E-state index in [1.54, 1.807) is 6.07 Å². The SMILES string of the molecule is Nc1cc(Br)cnc1Nc1cc(Br)c(F)cc1F. The molecule has 94 valence electrons. The van der Waals surface area contributed by atoms with Crippen LogP contribution < -0.4 is 11.1 Å². The molecule has 0 aliphatic heterocycles. The molecule has 1 aromatic heterocycles. The second kappa shape index (κ2) is 5.19. The van der Waals surface area contributed by atoms with Gasteiger partial charge in [0.15, 0.2) is 5.82 Å². The first kappa shape index (κ1) is 13.2. The van der Waals surface area contributed by atoms with E-state index in [1.165, 1.54) is 12.3 Å². The van der Waals surface area contributed by atoms with Crippen molar-refractivity contribution < 1.29 is 8.78 Å². The molecular weight excluding hydrogens is 372 g/mol. The smallest absolute Gasteiger partial charge is 0.153 e. The molecule has 2 rings (SSSR count). The quantitative estimate of drug-likeness (QED) is 0.769. The highest BCUT2D eigenvalue weighted by Crippen LogP contribution is 2.28. The first-order valence-corrected chi connectivity index (χ1v) is 6.38. The maximum Gasteiger partial charge on any atom is 0.153 e. The standard InChI is InChI=1S/C11H7Br2F2N3/c12-5-1-9(16)11(17-4-5)18-10-2-6(13)7(14)3-8(10)15/h1-4H,16H2,(H,17,18). The monoisotopic (exact) mass is 377 g/mol. The van der Waals surface area contributed by atoms with E-state index in [2.05, 4.69) is 42.2 Å². The number of benzene rings is 1. The zero-order valence-electron chi connectivity index (χ0n) is 8.85. The van der Waals surface area contributed by atoms with E-state index in [-0.39, 0.29) is 10.2 Å². The van der Waals surface area contributed by atoms with Crippen LogP contribution in [0.3, 0.4) is 0 Å². The van der Waals surface area contributed by atoms with Crippen LogP contribution in [0.5, 0.6) is 0 Å². The normalized spacial score (nSPS) is 10.4. The summed E-state index contributed by atoms with van der Waals surface area (Å²) in [6, 6.07) is 3.70. The van der Waals surface area contributed by atoms with Crippen LogP contribution in [0.15, 0.2) is 33.3 Å². The summed E-state index contributed by atoms with van der Waals surface area (Å²) < 4.78 is 27.5. The summed E-state index contributed by atoms with van der Waals surface area (Å²) in [7, 11) is 0. The van der Waals surface area contributed by atoms with Gasteiger partial charge in [-0.05, 0) is 44.0 Å². The Balaban J connectivity index is 2.37. The lowest BCUT2D eigenvalue weighted by Crippen LogP contribution is -2.01. The molecule has 0 bridgehead atoms. The third-order valence-corrected chi connectivity index (χ3v) is 3.19. The van der Waals surface area contributed by atoms with Gasteiger partial charge in [-0.3, -0.25) is 0 Å². The molecule has 1 aromatic carbocycles. The molecule has 3 nitrogen and oxygen atoms in total. The van der Waals surface area contributed by atoms with Crippen molar-refractivity contribution in [3.63, 3.8) is 0 Å². The minimum absolute atomic E-state index is 0.0878. The molecule has 3 N–H and O–H groups in total. The van der Waals surface area contributed by atoms with Crippen LogP contribution in [0, 0.1) is 11.6 Å². The fraction of sp³-hybridized carbons (Fsp3) is 0. The number of pyridine rings is 1. The molecule has 0 radical (unpaired) electrons. The van der Waals surface area contributed by atoms with Gasteiger partial charge < -0.3 is 11.1 Å². The van der Waals surface area contributed by atoms with E-state index in [0.29, 0.717) is 16.0 Å². The van der Waals surface area contributed by atoms with Gasteiger partial charge in [-0.25, -0.2) is 13.8 Å². The van der Waals surface area contributed by atoms with Gasteiger partial charge in [-0.2, -0.15) is 0 Å². The third-order valence-electron chi connectivity index (χ3n) is 2.15. The Labute approximate surface area is 119 Å². The molecule has 0 spiro atoms. The Morgan fingerprint density at radius 3 is 2.50 bits per heavy atom. The van der Waals surface area contributed by atoms with E-state index in [0.717, 1.165) is 6.07 Å². The Morgan fingerprint density at radius 2 is 1.83 bits per heavy atom. The van der Waals surface area contributed by atoms with Crippen LogP contribution in [-0.4, -0.2) is 4.98 Å². The number of anilines is 3. The second-order valence-corrected chi connectivity index (χ2v) is 5.23. The Morgan fingerprint density at radius 1 is 1.11 bits per heavy atom. The van der Waals surface area contributed by atoms with Gasteiger partial charge in [-0.1, -0.05) is 0 Å². The Bertz CT molecular complexity index is 605. The van der Waals surface area contributed by atoms with Gasteiger partial charge >= 0.3 is 0 Å². The fourth-order valence-corrected chi connectivity index (χ4v) is 2.00. The number of nitrogens with zero attached hydrogens (tertiary/aromatic N) is 1. The molecule has 0 aliphatic rings. The summed E-state index contributed by atoms with van der Waals surface area (Å²) in [5.74, 6) is -1.09. The number of halogens is 4. The highest BCUT2D eigenvalue weighted by Gasteiger charge is 2.10. The molecule has 0 saturated carbocycles. The van der Waals surface area contributed by atoms with Gasteiger partial charge in [0.1, 0.15) is 11.6 Å². The predicted octanol–water partition coefficient (Wildman–Crippen LogP) is 4.21. The molecule has 7 heteroatoms. The van der Waals surface area contributed by atoms with E-state index >= 15 is 0 Å². The maximum absolute atomic E-state index is 13.5. The van der Waals surface area contributed by atoms with Gasteiger partial charge in [0.05, 0.1) is 15.8 Å². The lowest BCUT2D eigenvalue weighted by molar-refractivity contribution is 0.581. The van der Waals surface area contributed by atoms with Crippen molar-refractivity contribution in [2.45, 2.75) is 0 Å². The maximum atomic E-state index is 13.5. The third kappa shape index (κ3) is 2.78. The van der Waals surface area contributed by atoms with Gasteiger partial charge in [0, 0.05) is 16.7 Å². The van der Waals surface area contributed by atoms with Crippen LogP contribution in [-0.2, 0) is 0 Å². The predicted molar refractivity (Wildman–Crippen MR) is 73.7 cm³/mol. The number of nitrogen functional groups attached to an aromatic ring is 1. The summed E-state index contributed by atoms with van der Waals surface area (Å²) in [6.07, 6.45) is 1.52. The lowest BCUT2D eigenvalue weighted by atomic mass is 10.3. The zero-order chi connectivity index (χ0) is 13.3. The second-order valence-electron chi connectivity index (χ2n) is 3.46. The van der Waals surface area contributed by atoms with E-state index in [1.807, 2.05) is 0 Å². The topological polar surface area (TPSA) is 50.9 Å². The Hall–Kier alpha value is -1.21. The first-order valence-electron chi connectivity index (χ1n) is 4.80. The number of nitrogens with two attached hydrogens (primary N) is 1. The molecular formula is C11H7Br2F2N3. The van der Waals surface area contributed by atoms with Crippen molar-refractivity contribution in [3.8, 4) is 0 Å². The summed E-state index contributed by atoms with van der Waals surface area (Å²) in [4.78, 5) is 4.01. The summed E-state index contributed by atoms with van der Waals surface area (Å²) in [5, 5.41) is 2.71. The van der Waals surface area contributed by atoms with Crippen molar-refractivity contribution in [1.29, 1.82) is 0 Å². The highest BCUT2D eigenvalue weighted by atomic mass is 79.9. The minimum Gasteiger partial charge on any atom is -0.396 e. The number of hydrogen-bond acceptors (Lipinski definition) is 3. The molecule has 0 amide bonds. The fourth-order valence-electron chi connectivity index (χ4n) is 1.31. The first-order chi connectivity index (χ1) is 8.47. The number of rotatable bonds is 2. The van der Waals surface area contributed by atoms with Gasteiger partial charge in [-0.15, -0.1) is 0 Å². The van der Waals surface area contributed by atoms with Crippen LogP contribution in [0.2, 0.25) is 0 Å². The molecule has 18 heavy (non-hydrogen) atoms. The zero-order valence-corrected chi connectivity index (χ0v) is 12.0. The molecule has 2 aromatic rings. The number of aromatic nitrogens is 1. The van der Waals surface area contributed by atoms with Crippen molar-refractivity contribution in [3.05, 3.63) is 45.0 Å². The minimum atomic E-state index is -0.722. The van der Waals surface area contributed by atoms with E-state index in [9.17, 15) is 8.78 Å². The summed E-state index contributed by atoms with van der Waals surface area (Å²) >= 11 is 6.20. The number of nitrogens with one attached hydrogen (secondary N) is 1. The molecule has 0 unspecified atom stereocenters. The lowest BCUT2D eigenvalue weighted by Gasteiger charge is -2.10. The van der Waals surface area contributed by atoms with Crippen molar-refractivity contribution in [2.75, 3.05) is 11.1 Å². The Kier molecular flexibility index (Phi) is 3.82. The van der Waals surface area contributed by atoms with Crippen LogP contribution >= 0.6 is 31.9 Å². The van der Waals surface area contributed by atoms with E-state index < -0.39 is 11.6 Å². The molecule has 0 aliphatic carbocycles. The molecule has 0 fully saturated rings. The molecule has 1 heterocycles. The molecule has 0 saturated heterocycles. The average molecular weight is 379 g/mol. The summed E-state index contributed by atoms with van der Waals surface area (Å²) in [6.45, 7) is 0. The van der Waals surface area contributed by atoms with Gasteiger partial charge in [0.25, 0.3) is 0 Å². The van der Waals surface area contributed by atoms with Crippen molar-refractivity contribution >= 4 is 49.1 Å². The largest absolute Gasteiger partial charge is 0.396 e. The summed E-state index contributed by atoms with van der Waals surface area (Å²) in [5.41, 5.74) is 6.16. The van der Waals surface area contributed by atoms with Crippen molar-refractivity contribution in [1.82, 2.24) is 4.98 Å². The van der Waals surface area contributed by atoms with Gasteiger partial charge in [0.2, 0.25) is 0 Å².